The molecule has 3 aromatic rings. The number of benzene rings is 3. The lowest BCUT2D eigenvalue weighted by Crippen LogP contribution is -2.32. The van der Waals surface area contributed by atoms with Crippen LogP contribution in [0.3, 0.4) is 0 Å². The first-order valence-electron chi connectivity index (χ1n) is 9.62. The van der Waals surface area contributed by atoms with Crippen molar-refractivity contribution in [1.29, 1.82) is 0 Å². The van der Waals surface area contributed by atoms with Gasteiger partial charge in [-0.15, -0.1) is 0 Å². The molecule has 3 aromatic carbocycles. The van der Waals surface area contributed by atoms with Gasteiger partial charge in [-0.3, -0.25) is 9.59 Å². The topological polar surface area (TPSA) is 58.6 Å². The van der Waals surface area contributed by atoms with Crippen LogP contribution in [-0.4, -0.2) is 18.4 Å². The van der Waals surface area contributed by atoms with Crippen LogP contribution in [0.15, 0.2) is 78.5 Å². The second kappa shape index (κ2) is 8.62. The summed E-state index contributed by atoms with van der Waals surface area (Å²) < 4.78 is 19.1. The zero-order valence-electron chi connectivity index (χ0n) is 16.6. The van der Waals surface area contributed by atoms with E-state index in [0.717, 1.165) is 4.90 Å². The fourth-order valence-corrected chi connectivity index (χ4v) is 3.46. The Kier molecular flexibility index (Phi) is 5.73. The van der Waals surface area contributed by atoms with Gasteiger partial charge in [0.1, 0.15) is 17.3 Å². The van der Waals surface area contributed by atoms with Gasteiger partial charge < -0.3 is 10.1 Å². The number of carbonyl (C=O) groups is 2. The molecular weight excluding hydrogens is 419 g/mol. The fourth-order valence-electron chi connectivity index (χ4n) is 3.33. The Labute approximate surface area is 183 Å². The number of nitrogens with one attached hydrogen (secondary N) is 1. The van der Waals surface area contributed by atoms with E-state index in [4.69, 9.17) is 16.3 Å². The van der Waals surface area contributed by atoms with Crippen LogP contribution >= 0.6 is 11.6 Å². The molecule has 2 amide bonds. The molecule has 5 nitrogen and oxygen atoms in total. The summed E-state index contributed by atoms with van der Waals surface area (Å²) in [6.07, 6.45) is 0. The van der Waals surface area contributed by atoms with Crippen molar-refractivity contribution in [1.82, 2.24) is 0 Å². The van der Waals surface area contributed by atoms with Crippen molar-refractivity contribution in [2.45, 2.75) is 6.92 Å². The minimum Gasteiger partial charge on any atom is -0.494 e. The van der Waals surface area contributed by atoms with Crippen molar-refractivity contribution >= 4 is 40.4 Å². The van der Waals surface area contributed by atoms with Crippen LogP contribution in [0.1, 0.15) is 12.5 Å². The van der Waals surface area contributed by atoms with Gasteiger partial charge in [0.05, 0.1) is 17.9 Å². The number of carbonyl (C=O) groups excluding carboxylic acids is 2. The Bertz CT molecular complexity index is 1170. The van der Waals surface area contributed by atoms with E-state index in [9.17, 15) is 14.0 Å². The average molecular weight is 437 g/mol. The number of rotatable bonds is 6. The first-order valence-corrected chi connectivity index (χ1v) is 10.00. The lowest BCUT2D eigenvalue weighted by Gasteiger charge is -2.15. The highest BCUT2D eigenvalue weighted by Gasteiger charge is 2.40. The number of anilines is 2. The summed E-state index contributed by atoms with van der Waals surface area (Å²) in [7, 11) is 0. The maximum Gasteiger partial charge on any atom is 0.282 e. The molecule has 1 heterocycles. The Morgan fingerprint density at radius 1 is 0.968 bits per heavy atom. The molecule has 4 rings (SSSR count). The van der Waals surface area contributed by atoms with Gasteiger partial charge in [0.2, 0.25) is 0 Å². The Hall–Kier alpha value is -3.64. The molecule has 31 heavy (non-hydrogen) atoms. The largest absolute Gasteiger partial charge is 0.494 e. The van der Waals surface area contributed by atoms with Gasteiger partial charge in [-0.05, 0) is 67.1 Å². The quantitative estimate of drug-likeness (QED) is 0.534. The molecular formula is C24H18ClFN2O3. The van der Waals surface area contributed by atoms with E-state index in [2.05, 4.69) is 5.32 Å². The molecule has 0 atom stereocenters. The summed E-state index contributed by atoms with van der Waals surface area (Å²) in [5.41, 5.74) is 1.54. The van der Waals surface area contributed by atoms with E-state index in [1.165, 1.54) is 18.2 Å². The fraction of sp³-hybridized carbons (Fsp3) is 0.0833. The maximum atomic E-state index is 13.7. The van der Waals surface area contributed by atoms with Gasteiger partial charge in [-0.1, -0.05) is 29.8 Å². The molecule has 0 radical (unpaired) electrons. The minimum atomic E-state index is -0.541. The third-order valence-corrected chi connectivity index (χ3v) is 4.97. The van der Waals surface area contributed by atoms with E-state index in [1.54, 1.807) is 54.6 Å². The Balaban J connectivity index is 1.79. The highest BCUT2D eigenvalue weighted by Crippen LogP contribution is 2.34. The number of nitrogens with zero attached hydrogens (tertiary/aromatic N) is 1. The van der Waals surface area contributed by atoms with E-state index in [1.807, 2.05) is 6.92 Å². The summed E-state index contributed by atoms with van der Waals surface area (Å²) in [6, 6.07) is 19.0. The van der Waals surface area contributed by atoms with Gasteiger partial charge >= 0.3 is 0 Å². The number of ether oxygens (including phenoxy) is 1. The van der Waals surface area contributed by atoms with Gasteiger partial charge in [0.15, 0.2) is 0 Å². The van der Waals surface area contributed by atoms with Crippen LogP contribution in [0.2, 0.25) is 5.02 Å². The molecule has 1 aliphatic rings. The number of hydrogen-bond donors (Lipinski definition) is 1. The second-order valence-corrected chi connectivity index (χ2v) is 7.20. The summed E-state index contributed by atoms with van der Waals surface area (Å²) in [6.45, 7) is 2.39. The lowest BCUT2D eigenvalue weighted by atomic mass is 10.0. The normalized spacial score (nSPS) is 13.7. The molecule has 0 aliphatic carbocycles. The summed E-state index contributed by atoms with van der Waals surface area (Å²) >= 11 is 5.95. The molecule has 1 aliphatic heterocycles. The third-order valence-electron chi connectivity index (χ3n) is 4.72. The van der Waals surface area contributed by atoms with Gasteiger partial charge in [0, 0.05) is 10.7 Å². The zero-order chi connectivity index (χ0) is 22.0. The predicted molar refractivity (Wildman–Crippen MR) is 118 cm³/mol. The van der Waals surface area contributed by atoms with Crippen molar-refractivity contribution in [3.63, 3.8) is 0 Å². The summed E-state index contributed by atoms with van der Waals surface area (Å²) in [5.74, 6) is -0.840. The standard InChI is InChI=1S/C24H18ClFN2O3/c1-2-31-20-12-6-15(7-13-20)21-22(27-18-5-3-4-17(26)14-18)24(30)28(23(21)29)19-10-8-16(25)9-11-19/h3-14,27H,2H2,1H3. The molecule has 7 heteroatoms. The Morgan fingerprint density at radius 3 is 2.32 bits per heavy atom. The summed E-state index contributed by atoms with van der Waals surface area (Å²) in [5, 5.41) is 3.42. The van der Waals surface area contributed by atoms with Crippen LogP contribution in [0.4, 0.5) is 15.8 Å². The predicted octanol–water partition coefficient (Wildman–Crippen LogP) is 5.27. The molecule has 0 unspecified atom stereocenters. The maximum absolute atomic E-state index is 13.7. The highest BCUT2D eigenvalue weighted by molar-refractivity contribution is 6.46. The van der Waals surface area contributed by atoms with Crippen LogP contribution < -0.4 is 15.0 Å². The number of amides is 2. The first-order chi connectivity index (χ1) is 15.0. The Morgan fingerprint density at radius 2 is 1.68 bits per heavy atom. The van der Waals surface area contributed by atoms with Crippen molar-refractivity contribution in [3.05, 3.63) is 94.9 Å². The van der Waals surface area contributed by atoms with E-state index >= 15 is 0 Å². The molecule has 0 saturated carbocycles. The van der Waals surface area contributed by atoms with E-state index in [-0.39, 0.29) is 11.3 Å². The van der Waals surface area contributed by atoms with E-state index < -0.39 is 17.6 Å². The van der Waals surface area contributed by atoms with Crippen LogP contribution in [0, 0.1) is 5.82 Å². The van der Waals surface area contributed by atoms with Gasteiger partial charge in [-0.25, -0.2) is 9.29 Å². The van der Waals surface area contributed by atoms with Crippen molar-refractivity contribution in [2.75, 3.05) is 16.8 Å². The monoisotopic (exact) mass is 436 g/mol. The van der Waals surface area contributed by atoms with E-state index in [0.29, 0.717) is 34.3 Å². The average Bonchev–Trinajstić information content (AvgIpc) is 2.99. The molecule has 0 fully saturated rings. The summed E-state index contributed by atoms with van der Waals surface area (Å²) in [4.78, 5) is 27.7. The number of imide groups is 1. The number of hydrogen-bond acceptors (Lipinski definition) is 4. The smallest absolute Gasteiger partial charge is 0.282 e. The van der Waals surface area contributed by atoms with Crippen LogP contribution in [-0.2, 0) is 9.59 Å². The molecule has 0 spiro atoms. The molecule has 0 bridgehead atoms. The lowest BCUT2D eigenvalue weighted by molar-refractivity contribution is -0.120. The highest BCUT2D eigenvalue weighted by atomic mass is 35.5. The van der Waals surface area contributed by atoms with Gasteiger partial charge in [-0.2, -0.15) is 0 Å². The van der Waals surface area contributed by atoms with Crippen LogP contribution in [0.5, 0.6) is 5.75 Å². The van der Waals surface area contributed by atoms with Crippen molar-refractivity contribution < 1.29 is 18.7 Å². The number of halogens is 2. The second-order valence-electron chi connectivity index (χ2n) is 6.76. The van der Waals surface area contributed by atoms with Crippen molar-refractivity contribution in [2.24, 2.45) is 0 Å². The molecule has 1 N–H and O–H groups in total. The first kappa shape index (κ1) is 20.6. The SMILES string of the molecule is CCOc1ccc(C2=C(Nc3cccc(F)c3)C(=O)N(c3ccc(Cl)cc3)C2=O)cc1. The van der Waals surface area contributed by atoms with Crippen molar-refractivity contribution in [3.8, 4) is 5.75 Å². The molecule has 0 saturated heterocycles. The molecule has 156 valence electrons. The van der Waals surface area contributed by atoms with Gasteiger partial charge in [0.25, 0.3) is 11.8 Å². The minimum absolute atomic E-state index is 0.0645. The van der Waals surface area contributed by atoms with Crippen LogP contribution in [0.25, 0.3) is 5.57 Å². The molecule has 0 aromatic heterocycles. The zero-order valence-corrected chi connectivity index (χ0v) is 17.3. The third kappa shape index (κ3) is 4.15.